The van der Waals surface area contributed by atoms with Gasteiger partial charge in [0.2, 0.25) is 0 Å². The number of hydrogen-bond donors (Lipinski definition) is 0. The van der Waals surface area contributed by atoms with Gasteiger partial charge in [0.25, 0.3) is 0 Å². The maximum atomic E-state index is 11.8. The topological polar surface area (TPSA) is 43.4 Å². The Kier molecular flexibility index (Phi) is 11.7. The molecule has 5 heteroatoms. The van der Waals surface area contributed by atoms with Crippen LogP contribution in [0.1, 0.15) is 83.1 Å². The summed E-state index contributed by atoms with van der Waals surface area (Å²) < 4.78 is 4.95. The summed E-state index contributed by atoms with van der Waals surface area (Å²) in [6, 6.07) is 45.3. The van der Waals surface area contributed by atoms with Gasteiger partial charge in [-0.3, -0.25) is 9.59 Å². The molecule has 2 atom stereocenters. The van der Waals surface area contributed by atoms with Crippen LogP contribution in [-0.4, -0.2) is 25.5 Å². The number of halogens is 1. The fraction of sp³-hybridized carbons (Fsp3) is 0.319. The molecule has 0 aliphatic heterocycles. The third-order valence-electron chi connectivity index (χ3n) is 11.5. The SMILES string of the molecule is COC(=O)C1CC12CCCCc1ccc(C)cc12.CP(Br)(c1ccccc1)(c1ccccc1)c1ccccc1.Cc1ccc2c(c1)C(=O)CCCC2. The molecular formula is C47H52BrO3P. The number of rotatable bonds is 4. The molecule has 5 aromatic carbocycles. The molecule has 270 valence electrons. The number of hydrogen-bond acceptors (Lipinski definition) is 3. The first-order chi connectivity index (χ1) is 25.1. The van der Waals surface area contributed by atoms with Crippen LogP contribution in [0.5, 0.6) is 0 Å². The van der Waals surface area contributed by atoms with Crippen LogP contribution in [0.3, 0.4) is 0 Å². The van der Waals surface area contributed by atoms with Gasteiger partial charge in [0, 0.05) is 17.4 Å². The zero-order valence-electron chi connectivity index (χ0n) is 31.1. The van der Waals surface area contributed by atoms with Gasteiger partial charge < -0.3 is 4.74 Å². The molecule has 1 fully saturated rings. The Bertz CT molecular complexity index is 1900. The number of methoxy groups -OCH3 is 1. The van der Waals surface area contributed by atoms with Crippen molar-refractivity contribution < 1.29 is 14.3 Å². The summed E-state index contributed by atoms with van der Waals surface area (Å²) in [7, 11) is 1.50. The van der Waals surface area contributed by atoms with Crippen molar-refractivity contribution in [3.8, 4) is 0 Å². The predicted octanol–water partition coefficient (Wildman–Crippen LogP) is 10.5. The molecule has 0 N–H and O–H groups in total. The Morgan fingerprint density at radius 2 is 1.15 bits per heavy atom. The fourth-order valence-corrected chi connectivity index (χ4v) is 14.0. The van der Waals surface area contributed by atoms with Crippen LogP contribution in [0.2, 0.25) is 0 Å². The van der Waals surface area contributed by atoms with Gasteiger partial charge >= 0.3 is 140 Å². The van der Waals surface area contributed by atoms with Crippen molar-refractivity contribution >= 4 is 48.5 Å². The summed E-state index contributed by atoms with van der Waals surface area (Å²) in [6.07, 6.45) is 9.75. The van der Waals surface area contributed by atoms with E-state index in [1.54, 1.807) is 0 Å². The molecule has 8 rings (SSSR count). The maximum Gasteiger partial charge on any atom is 0.163 e. The molecular weight excluding hydrogens is 723 g/mol. The summed E-state index contributed by atoms with van der Waals surface area (Å²) in [5, 5.41) is 1.48. The molecule has 5 aromatic rings. The summed E-state index contributed by atoms with van der Waals surface area (Å²) in [5.74, 6) is 0.404. The predicted molar refractivity (Wildman–Crippen MR) is 224 cm³/mol. The summed E-state index contributed by atoms with van der Waals surface area (Å²) >= 11 is 4.24. The second-order valence-electron chi connectivity index (χ2n) is 15.0. The normalized spacial score (nSPS) is 19.8. The van der Waals surface area contributed by atoms with Crippen molar-refractivity contribution in [3.05, 3.63) is 161 Å². The molecule has 2 unspecified atom stereocenters. The zero-order valence-corrected chi connectivity index (χ0v) is 33.6. The van der Waals surface area contributed by atoms with Gasteiger partial charge in [-0.2, -0.15) is 0 Å². The van der Waals surface area contributed by atoms with Crippen molar-refractivity contribution in [3.63, 3.8) is 0 Å². The van der Waals surface area contributed by atoms with Gasteiger partial charge in [-0.05, 0) is 81.5 Å². The minimum absolute atomic E-state index is 0.0237. The number of Topliss-reactive ketones (excluding diaryl/α,β-unsaturated/α-hetero) is 1. The van der Waals surface area contributed by atoms with E-state index in [9.17, 15) is 9.59 Å². The minimum atomic E-state index is -2.56. The summed E-state index contributed by atoms with van der Waals surface area (Å²) in [4.78, 5) is 23.5. The van der Waals surface area contributed by atoms with Gasteiger partial charge in [-0.15, -0.1) is 0 Å². The summed E-state index contributed by atoms with van der Waals surface area (Å²) in [6.45, 7) is 6.54. The van der Waals surface area contributed by atoms with Crippen LogP contribution in [-0.2, 0) is 27.8 Å². The molecule has 0 heterocycles. The molecule has 0 bridgehead atoms. The van der Waals surface area contributed by atoms with Crippen molar-refractivity contribution in [2.45, 2.75) is 77.0 Å². The van der Waals surface area contributed by atoms with Gasteiger partial charge in [-0.25, -0.2) is 0 Å². The largest absolute Gasteiger partial charge is 0.294 e. The summed E-state index contributed by atoms with van der Waals surface area (Å²) in [5.41, 5.74) is 7.68. The van der Waals surface area contributed by atoms with E-state index in [-0.39, 0.29) is 17.3 Å². The Hall–Kier alpha value is -3.85. The van der Waals surface area contributed by atoms with Crippen molar-refractivity contribution in [2.75, 3.05) is 13.8 Å². The maximum absolute atomic E-state index is 11.8. The number of fused-ring (bicyclic) bond motifs is 3. The Balaban J connectivity index is 0.000000138. The number of carbonyl (C=O) groups is 2. The molecule has 52 heavy (non-hydrogen) atoms. The van der Waals surface area contributed by atoms with Crippen LogP contribution in [0.4, 0.5) is 0 Å². The van der Waals surface area contributed by atoms with Gasteiger partial charge in [0.1, 0.15) is 0 Å². The fourth-order valence-electron chi connectivity index (χ4n) is 8.29. The first kappa shape index (κ1) is 37.9. The van der Waals surface area contributed by atoms with Crippen LogP contribution in [0.25, 0.3) is 0 Å². The van der Waals surface area contributed by atoms with E-state index >= 15 is 0 Å². The average Bonchev–Trinajstić information content (AvgIpc) is 3.98. The Morgan fingerprint density at radius 1 is 0.673 bits per heavy atom. The van der Waals surface area contributed by atoms with E-state index in [1.807, 2.05) is 13.0 Å². The van der Waals surface area contributed by atoms with Gasteiger partial charge in [-0.1, -0.05) is 47.9 Å². The first-order valence-electron chi connectivity index (χ1n) is 18.8. The molecule has 0 aromatic heterocycles. The third kappa shape index (κ3) is 7.75. The molecule has 3 aliphatic carbocycles. The Morgan fingerprint density at radius 3 is 1.71 bits per heavy atom. The third-order valence-corrected chi connectivity index (χ3v) is 19.7. The molecule has 0 amide bonds. The molecule has 0 saturated heterocycles. The van der Waals surface area contributed by atoms with E-state index in [2.05, 4.69) is 150 Å². The van der Waals surface area contributed by atoms with Crippen LogP contribution in [0, 0.1) is 19.8 Å². The minimum Gasteiger partial charge on any atom is -0.294 e. The molecule has 0 radical (unpaired) electrons. The first-order valence-corrected chi connectivity index (χ1v) is 23.5. The number of benzene rings is 5. The van der Waals surface area contributed by atoms with Crippen molar-refractivity contribution in [1.82, 2.24) is 0 Å². The second kappa shape index (κ2) is 16.0. The van der Waals surface area contributed by atoms with Crippen LogP contribution >= 0.6 is 20.8 Å². The molecule has 1 spiro atoms. The Labute approximate surface area is 318 Å². The standard InChI is InChI=1S/C19H18BrP.C16H20O2.C12H14O/c1-21(20,17-11-5-2-6-12-17,18-13-7-3-8-14-18)19-15-9-4-10-16-19;1-11-6-7-12-5-3-4-8-16(13(12)9-11)10-14(16)15(17)18-2;1-9-6-7-10-4-2-3-5-12(13)11(10)8-9/h2-16H,1H3;6-7,9,14H,3-5,8,10H2,1-2H3;6-8H,2-5H2,1H3. The van der Waals surface area contributed by atoms with Gasteiger partial charge in [0.05, 0.1) is 13.0 Å². The number of ether oxygens (including phenoxy) is 1. The number of carbonyl (C=O) groups excluding carboxylic acids is 2. The average molecular weight is 776 g/mol. The molecule has 3 nitrogen and oxygen atoms in total. The quantitative estimate of drug-likeness (QED) is 0.104. The van der Waals surface area contributed by atoms with E-state index in [0.29, 0.717) is 5.78 Å². The number of esters is 1. The van der Waals surface area contributed by atoms with Crippen LogP contribution in [0.15, 0.2) is 127 Å². The molecule has 1 saturated carbocycles. The van der Waals surface area contributed by atoms with E-state index in [1.165, 1.54) is 63.7 Å². The second-order valence-corrected chi connectivity index (χ2v) is 24.8. The zero-order chi connectivity index (χ0) is 36.8. The smallest absolute Gasteiger partial charge is 0.163 e. The van der Waals surface area contributed by atoms with Crippen molar-refractivity contribution in [2.24, 2.45) is 5.92 Å². The van der Waals surface area contributed by atoms with Crippen LogP contribution < -0.4 is 15.9 Å². The van der Waals surface area contributed by atoms with E-state index in [4.69, 9.17) is 4.74 Å². The van der Waals surface area contributed by atoms with E-state index in [0.717, 1.165) is 50.5 Å². The number of aryl methyl sites for hydroxylation is 4. The number of ketones is 1. The van der Waals surface area contributed by atoms with Crippen molar-refractivity contribution in [1.29, 1.82) is 0 Å². The monoisotopic (exact) mass is 774 g/mol. The molecule has 3 aliphatic rings. The van der Waals surface area contributed by atoms with Gasteiger partial charge in [0.15, 0.2) is 5.78 Å². The van der Waals surface area contributed by atoms with E-state index < -0.39 is 5.31 Å².